The summed E-state index contributed by atoms with van der Waals surface area (Å²) in [5, 5.41) is 10.4. The minimum Gasteiger partial charge on any atom is -0.390 e. The van der Waals surface area contributed by atoms with E-state index >= 15 is 0 Å². The summed E-state index contributed by atoms with van der Waals surface area (Å²) in [6.45, 7) is 6.86. The van der Waals surface area contributed by atoms with Crippen LogP contribution in [0.25, 0.3) is 0 Å². The van der Waals surface area contributed by atoms with Crippen LogP contribution in [-0.2, 0) is 0 Å². The molecule has 0 heterocycles. The quantitative estimate of drug-likeness (QED) is 0.702. The lowest BCUT2D eigenvalue weighted by atomic mass is 9.70. The van der Waals surface area contributed by atoms with Crippen LogP contribution in [0, 0.1) is 35.5 Å². The van der Waals surface area contributed by atoms with Crippen molar-refractivity contribution in [2.24, 2.45) is 35.5 Å². The van der Waals surface area contributed by atoms with Gasteiger partial charge in [0.15, 0.2) is 0 Å². The summed E-state index contributed by atoms with van der Waals surface area (Å²) >= 11 is 0. The Kier molecular flexibility index (Phi) is 2.03. The third kappa shape index (κ3) is 1.19. The van der Waals surface area contributed by atoms with Crippen LogP contribution in [0.15, 0.2) is 0 Å². The van der Waals surface area contributed by atoms with E-state index in [2.05, 4.69) is 20.8 Å². The molecule has 1 nitrogen and oxygen atoms in total. The molecular formula is C14H24O. The predicted octanol–water partition coefficient (Wildman–Crippen LogP) is 3.08. The molecule has 0 saturated heterocycles. The maximum absolute atomic E-state index is 10.4. The molecule has 1 heteroatoms. The smallest absolute Gasteiger partial charge is 0.0653 e. The summed E-state index contributed by atoms with van der Waals surface area (Å²) in [5.41, 5.74) is -0.331. The van der Waals surface area contributed by atoms with Gasteiger partial charge < -0.3 is 5.11 Å². The molecule has 3 aliphatic carbocycles. The average molecular weight is 208 g/mol. The summed E-state index contributed by atoms with van der Waals surface area (Å²) in [5.74, 6) is 5.13. The van der Waals surface area contributed by atoms with E-state index in [0.29, 0.717) is 5.92 Å². The molecule has 0 aromatic carbocycles. The molecule has 0 spiro atoms. The van der Waals surface area contributed by atoms with Gasteiger partial charge in [0.25, 0.3) is 0 Å². The maximum atomic E-state index is 10.4. The fraction of sp³-hybridized carbons (Fsp3) is 1.00. The fourth-order valence-electron chi connectivity index (χ4n) is 5.50. The van der Waals surface area contributed by atoms with Gasteiger partial charge in [0, 0.05) is 0 Å². The van der Waals surface area contributed by atoms with E-state index in [1.807, 2.05) is 0 Å². The van der Waals surface area contributed by atoms with E-state index < -0.39 is 0 Å². The average Bonchev–Trinajstić information content (AvgIpc) is 2.74. The fourth-order valence-corrected chi connectivity index (χ4v) is 5.50. The molecule has 2 bridgehead atoms. The van der Waals surface area contributed by atoms with Crippen LogP contribution in [0.2, 0.25) is 0 Å². The second-order valence-electron chi connectivity index (χ2n) is 6.70. The van der Waals surface area contributed by atoms with Crippen molar-refractivity contribution >= 4 is 0 Å². The zero-order valence-corrected chi connectivity index (χ0v) is 10.2. The molecule has 3 aliphatic rings. The molecule has 1 N–H and O–H groups in total. The van der Waals surface area contributed by atoms with Gasteiger partial charge in [0.05, 0.1) is 5.60 Å². The standard InChI is InChI=1S/C14H24O/c1-4-9-5-8(2)12-11-6-10(13(9)12)7-14(11,3)15/h8-13,15H,4-7H2,1-3H3. The molecular weight excluding hydrogens is 184 g/mol. The molecule has 0 aliphatic heterocycles. The van der Waals surface area contributed by atoms with E-state index in [9.17, 15) is 5.11 Å². The van der Waals surface area contributed by atoms with Crippen molar-refractivity contribution in [3.05, 3.63) is 0 Å². The first-order chi connectivity index (χ1) is 7.04. The lowest BCUT2D eigenvalue weighted by Crippen LogP contribution is -2.40. The van der Waals surface area contributed by atoms with E-state index in [1.165, 1.54) is 19.3 Å². The predicted molar refractivity (Wildman–Crippen MR) is 61.4 cm³/mol. The van der Waals surface area contributed by atoms with Crippen LogP contribution >= 0.6 is 0 Å². The Morgan fingerprint density at radius 3 is 2.67 bits per heavy atom. The molecule has 3 fully saturated rings. The van der Waals surface area contributed by atoms with Crippen molar-refractivity contribution in [2.75, 3.05) is 0 Å². The molecule has 3 rings (SSSR count). The Hall–Kier alpha value is -0.0400. The Morgan fingerprint density at radius 2 is 2.00 bits per heavy atom. The SMILES string of the molecule is CCC1CC(C)C2C1C1CC2C(C)(O)C1. The van der Waals surface area contributed by atoms with Crippen molar-refractivity contribution in [1.29, 1.82) is 0 Å². The highest BCUT2D eigenvalue weighted by atomic mass is 16.3. The summed E-state index contributed by atoms with van der Waals surface area (Å²) in [7, 11) is 0. The van der Waals surface area contributed by atoms with Crippen molar-refractivity contribution < 1.29 is 5.11 Å². The molecule has 0 aromatic rings. The largest absolute Gasteiger partial charge is 0.390 e. The highest BCUT2D eigenvalue weighted by Crippen LogP contribution is 2.65. The van der Waals surface area contributed by atoms with Crippen molar-refractivity contribution in [3.8, 4) is 0 Å². The molecule has 15 heavy (non-hydrogen) atoms. The molecule has 3 saturated carbocycles. The number of hydrogen-bond acceptors (Lipinski definition) is 1. The van der Waals surface area contributed by atoms with Gasteiger partial charge in [-0.1, -0.05) is 20.3 Å². The zero-order valence-electron chi connectivity index (χ0n) is 10.2. The van der Waals surface area contributed by atoms with Crippen LogP contribution in [0.1, 0.15) is 46.5 Å². The van der Waals surface area contributed by atoms with Crippen LogP contribution in [-0.4, -0.2) is 10.7 Å². The lowest BCUT2D eigenvalue weighted by Gasteiger charge is -2.39. The van der Waals surface area contributed by atoms with Gasteiger partial charge in [-0.25, -0.2) is 0 Å². The van der Waals surface area contributed by atoms with Crippen molar-refractivity contribution in [1.82, 2.24) is 0 Å². The number of rotatable bonds is 1. The first-order valence-electron chi connectivity index (χ1n) is 6.77. The van der Waals surface area contributed by atoms with Crippen molar-refractivity contribution in [3.63, 3.8) is 0 Å². The summed E-state index contributed by atoms with van der Waals surface area (Å²) < 4.78 is 0. The monoisotopic (exact) mass is 208 g/mol. The number of aliphatic hydroxyl groups is 1. The summed E-state index contributed by atoms with van der Waals surface area (Å²) in [4.78, 5) is 0. The minimum atomic E-state index is -0.331. The molecule has 0 amide bonds. The van der Waals surface area contributed by atoms with E-state index in [1.54, 1.807) is 0 Å². The second kappa shape index (κ2) is 3.00. The summed E-state index contributed by atoms with van der Waals surface area (Å²) in [6.07, 6.45) is 5.19. The zero-order chi connectivity index (χ0) is 10.8. The number of hydrogen-bond donors (Lipinski definition) is 1. The van der Waals surface area contributed by atoms with Crippen LogP contribution in [0.5, 0.6) is 0 Å². The Balaban J connectivity index is 1.91. The topological polar surface area (TPSA) is 20.2 Å². The van der Waals surface area contributed by atoms with Crippen molar-refractivity contribution in [2.45, 2.75) is 52.1 Å². The molecule has 0 radical (unpaired) electrons. The second-order valence-corrected chi connectivity index (χ2v) is 6.70. The van der Waals surface area contributed by atoms with Gasteiger partial charge in [-0.05, 0) is 61.7 Å². The highest BCUT2D eigenvalue weighted by Gasteiger charge is 2.62. The van der Waals surface area contributed by atoms with Crippen LogP contribution in [0.4, 0.5) is 0 Å². The Labute approximate surface area is 93.3 Å². The van der Waals surface area contributed by atoms with Crippen LogP contribution in [0.3, 0.4) is 0 Å². The lowest BCUT2D eigenvalue weighted by molar-refractivity contribution is -0.0414. The molecule has 0 aromatic heterocycles. The van der Waals surface area contributed by atoms with Crippen LogP contribution < -0.4 is 0 Å². The Morgan fingerprint density at radius 1 is 1.27 bits per heavy atom. The normalized spacial score (nSPS) is 62.4. The van der Waals surface area contributed by atoms with E-state index in [0.717, 1.165) is 36.0 Å². The minimum absolute atomic E-state index is 0.331. The summed E-state index contributed by atoms with van der Waals surface area (Å²) in [6, 6.07) is 0. The highest BCUT2D eigenvalue weighted by molar-refractivity contribution is 5.11. The first kappa shape index (κ1) is 10.1. The number of fused-ring (bicyclic) bond motifs is 5. The van der Waals surface area contributed by atoms with Gasteiger partial charge in [-0.15, -0.1) is 0 Å². The van der Waals surface area contributed by atoms with Gasteiger partial charge in [0.2, 0.25) is 0 Å². The third-order valence-corrected chi connectivity index (χ3v) is 5.88. The van der Waals surface area contributed by atoms with Gasteiger partial charge in [-0.3, -0.25) is 0 Å². The van der Waals surface area contributed by atoms with Gasteiger partial charge in [0.1, 0.15) is 0 Å². The van der Waals surface area contributed by atoms with Gasteiger partial charge in [-0.2, -0.15) is 0 Å². The molecule has 7 unspecified atom stereocenters. The maximum Gasteiger partial charge on any atom is 0.0653 e. The van der Waals surface area contributed by atoms with E-state index in [4.69, 9.17) is 0 Å². The van der Waals surface area contributed by atoms with E-state index in [-0.39, 0.29) is 5.60 Å². The molecule has 7 atom stereocenters. The van der Waals surface area contributed by atoms with Gasteiger partial charge >= 0.3 is 0 Å². The first-order valence-corrected chi connectivity index (χ1v) is 6.77. The molecule has 86 valence electrons. The third-order valence-electron chi connectivity index (χ3n) is 5.88. The Bertz CT molecular complexity index is 271.